The smallest absolute Gasteiger partial charge is 0.408 e. The van der Waals surface area contributed by atoms with Crippen LogP contribution in [-0.2, 0) is 20.7 Å². The number of carbonyl (C=O) groups excluding carboxylic acids is 3. The molecule has 2 N–H and O–H groups in total. The number of carbonyl (C=O) groups is 3. The molecular weight excluding hydrogens is 514 g/mol. The van der Waals surface area contributed by atoms with E-state index in [2.05, 4.69) is 17.2 Å². The molecular formula is C34H39N3O4. The molecule has 0 heterocycles. The van der Waals surface area contributed by atoms with E-state index in [1.165, 1.54) is 0 Å². The highest BCUT2D eigenvalue weighted by molar-refractivity contribution is 5.99. The van der Waals surface area contributed by atoms with E-state index in [1.54, 1.807) is 31.7 Å². The second kappa shape index (κ2) is 12.9. The van der Waals surface area contributed by atoms with Gasteiger partial charge in [-0.25, -0.2) is 4.79 Å². The fourth-order valence-corrected chi connectivity index (χ4v) is 4.76. The van der Waals surface area contributed by atoms with Gasteiger partial charge in [0.15, 0.2) is 0 Å². The van der Waals surface area contributed by atoms with Crippen LogP contribution in [0.4, 0.5) is 10.5 Å². The first kappa shape index (κ1) is 29.6. The molecule has 1 fully saturated rings. The van der Waals surface area contributed by atoms with Crippen molar-refractivity contribution in [3.63, 3.8) is 0 Å². The van der Waals surface area contributed by atoms with Gasteiger partial charge in [-0.3, -0.25) is 9.59 Å². The Bertz CT molecular complexity index is 1390. The van der Waals surface area contributed by atoms with Crippen molar-refractivity contribution in [2.75, 3.05) is 5.32 Å². The highest BCUT2D eigenvalue weighted by Gasteiger charge is 2.44. The summed E-state index contributed by atoms with van der Waals surface area (Å²) in [6.45, 7) is 11.1. The van der Waals surface area contributed by atoms with Crippen molar-refractivity contribution >= 4 is 29.7 Å². The summed E-state index contributed by atoms with van der Waals surface area (Å²) in [6.07, 6.45) is 2.82. The lowest BCUT2D eigenvalue weighted by Crippen LogP contribution is -2.54. The number of benzene rings is 3. The summed E-state index contributed by atoms with van der Waals surface area (Å²) in [5, 5.41) is 5.87. The number of amides is 3. The summed E-state index contributed by atoms with van der Waals surface area (Å²) in [4.78, 5) is 43.1. The number of nitrogens with one attached hydrogen (secondary N) is 2. The Morgan fingerprint density at radius 2 is 1.68 bits per heavy atom. The van der Waals surface area contributed by atoms with Gasteiger partial charge in [-0.1, -0.05) is 79.4 Å². The second-order valence-electron chi connectivity index (χ2n) is 11.4. The second-order valence-corrected chi connectivity index (χ2v) is 11.4. The van der Waals surface area contributed by atoms with Crippen molar-refractivity contribution in [3.05, 3.63) is 108 Å². The molecule has 2 atom stereocenters. The van der Waals surface area contributed by atoms with E-state index < -0.39 is 23.8 Å². The SMILES string of the molecule is C=Cc1cccc(C(C(=O)Nc2ccccc2C)N(C(=O)C(Cc2ccccc2)NC(=O)OC(C)(C)C)C2CC2)c1. The van der Waals surface area contributed by atoms with E-state index in [0.717, 1.165) is 29.5 Å². The first-order valence-electron chi connectivity index (χ1n) is 14.0. The lowest BCUT2D eigenvalue weighted by atomic mass is 9.98. The third kappa shape index (κ3) is 8.07. The molecule has 214 valence electrons. The first-order valence-corrected chi connectivity index (χ1v) is 14.0. The molecule has 0 aromatic heterocycles. The number of hydrogen-bond donors (Lipinski definition) is 2. The van der Waals surface area contributed by atoms with Gasteiger partial charge < -0.3 is 20.3 Å². The Morgan fingerprint density at radius 1 is 1.00 bits per heavy atom. The van der Waals surface area contributed by atoms with Crippen LogP contribution in [-0.4, -0.2) is 40.5 Å². The van der Waals surface area contributed by atoms with Gasteiger partial charge in [0.05, 0.1) is 0 Å². The molecule has 0 saturated heterocycles. The molecule has 3 amide bonds. The van der Waals surface area contributed by atoms with Gasteiger partial charge in [-0.2, -0.15) is 0 Å². The zero-order valence-corrected chi connectivity index (χ0v) is 24.2. The van der Waals surface area contributed by atoms with Crippen molar-refractivity contribution in [2.45, 2.75) is 70.7 Å². The normalized spacial score (nSPS) is 14.3. The first-order chi connectivity index (χ1) is 19.6. The molecule has 41 heavy (non-hydrogen) atoms. The van der Waals surface area contributed by atoms with Crippen molar-refractivity contribution in [1.29, 1.82) is 0 Å². The van der Waals surface area contributed by atoms with Crippen molar-refractivity contribution in [1.82, 2.24) is 10.2 Å². The van der Waals surface area contributed by atoms with E-state index in [1.807, 2.05) is 85.8 Å². The third-order valence-corrected chi connectivity index (χ3v) is 6.86. The molecule has 7 heteroatoms. The molecule has 0 bridgehead atoms. The van der Waals surface area contributed by atoms with Gasteiger partial charge in [-0.15, -0.1) is 0 Å². The average Bonchev–Trinajstić information content (AvgIpc) is 3.77. The Labute approximate surface area is 242 Å². The van der Waals surface area contributed by atoms with Gasteiger partial charge >= 0.3 is 6.09 Å². The number of ether oxygens (including phenoxy) is 1. The molecule has 1 aliphatic rings. The average molecular weight is 554 g/mol. The van der Waals surface area contributed by atoms with E-state index >= 15 is 0 Å². The molecule has 2 unspecified atom stereocenters. The number of aryl methyl sites for hydroxylation is 1. The summed E-state index contributed by atoms with van der Waals surface area (Å²) in [6, 6.07) is 22.5. The molecule has 4 rings (SSSR count). The number of anilines is 1. The van der Waals surface area contributed by atoms with Crippen LogP contribution in [0.25, 0.3) is 6.08 Å². The van der Waals surface area contributed by atoms with E-state index in [9.17, 15) is 14.4 Å². The van der Waals surface area contributed by atoms with Gasteiger partial charge in [0.25, 0.3) is 5.91 Å². The number of rotatable bonds is 10. The largest absolute Gasteiger partial charge is 0.444 e. The molecule has 1 aliphatic carbocycles. The zero-order chi connectivity index (χ0) is 29.6. The Balaban J connectivity index is 1.74. The zero-order valence-electron chi connectivity index (χ0n) is 24.2. The third-order valence-electron chi connectivity index (χ3n) is 6.86. The molecule has 0 spiro atoms. The van der Waals surface area contributed by atoms with E-state index in [0.29, 0.717) is 11.3 Å². The number of nitrogens with zero attached hydrogens (tertiary/aromatic N) is 1. The molecule has 1 saturated carbocycles. The van der Waals surface area contributed by atoms with Crippen molar-refractivity contribution < 1.29 is 19.1 Å². The molecule has 3 aromatic carbocycles. The molecule has 0 radical (unpaired) electrons. The van der Waals surface area contributed by atoms with E-state index in [4.69, 9.17) is 4.74 Å². The van der Waals surface area contributed by atoms with Crippen LogP contribution in [0.5, 0.6) is 0 Å². The molecule has 7 nitrogen and oxygen atoms in total. The van der Waals surface area contributed by atoms with Crippen LogP contribution in [0.2, 0.25) is 0 Å². The van der Waals surface area contributed by atoms with Crippen LogP contribution in [0, 0.1) is 6.92 Å². The van der Waals surface area contributed by atoms with Gasteiger partial charge in [0.2, 0.25) is 5.91 Å². The van der Waals surface area contributed by atoms with Crippen LogP contribution in [0.1, 0.15) is 61.9 Å². The summed E-state index contributed by atoms with van der Waals surface area (Å²) >= 11 is 0. The minimum atomic E-state index is -0.941. The van der Waals surface area contributed by atoms with Crippen molar-refractivity contribution in [3.8, 4) is 0 Å². The summed E-state index contributed by atoms with van der Waals surface area (Å²) in [5.41, 5.74) is 3.25. The standard InChI is InChI=1S/C34H39N3O4/c1-6-24-16-12-17-26(21-24)30(31(38)35-28-18-11-10-13-23(28)2)37(27-19-20-27)32(39)29(22-25-14-8-7-9-15-25)36-33(40)41-34(3,4)5/h6-18,21,27,29-30H,1,19-20,22H2,2-5H3,(H,35,38)(H,36,40). The fourth-order valence-electron chi connectivity index (χ4n) is 4.76. The minimum Gasteiger partial charge on any atom is -0.444 e. The summed E-state index contributed by atoms with van der Waals surface area (Å²) < 4.78 is 5.52. The predicted molar refractivity (Wildman–Crippen MR) is 162 cm³/mol. The van der Waals surface area contributed by atoms with Crippen LogP contribution in [0.15, 0.2) is 85.4 Å². The summed E-state index contributed by atoms with van der Waals surface area (Å²) in [5.74, 6) is -0.660. The lowest BCUT2D eigenvalue weighted by Gasteiger charge is -2.35. The Hall–Kier alpha value is -4.39. The quantitative estimate of drug-likeness (QED) is 0.302. The number of para-hydroxylation sites is 1. The Morgan fingerprint density at radius 3 is 2.32 bits per heavy atom. The lowest BCUT2D eigenvalue weighted by molar-refractivity contribution is -0.141. The van der Waals surface area contributed by atoms with Gasteiger partial charge in [-0.05, 0) is 74.9 Å². The molecule has 0 aliphatic heterocycles. The highest BCUT2D eigenvalue weighted by Crippen LogP contribution is 2.37. The maximum absolute atomic E-state index is 14.5. The van der Waals surface area contributed by atoms with Gasteiger partial charge in [0, 0.05) is 18.2 Å². The summed E-state index contributed by atoms with van der Waals surface area (Å²) in [7, 11) is 0. The Kier molecular flexibility index (Phi) is 9.28. The highest BCUT2D eigenvalue weighted by atomic mass is 16.6. The fraction of sp³-hybridized carbons (Fsp3) is 0.324. The maximum atomic E-state index is 14.5. The maximum Gasteiger partial charge on any atom is 0.408 e. The topological polar surface area (TPSA) is 87.7 Å². The van der Waals surface area contributed by atoms with Crippen molar-refractivity contribution in [2.24, 2.45) is 0 Å². The monoisotopic (exact) mass is 553 g/mol. The van der Waals surface area contributed by atoms with E-state index in [-0.39, 0.29) is 24.3 Å². The van der Waals surface area contributed by atoms with Crippen LogP contribution in [0.3, 0.4) is 0 Å². The van der Waals surface area contributed by atoms with Gasteiger partial charge in [0.1, 0.15) is 17.7 Å². The van der Waals surface area contributed by atoms with Crippen LogP contribution < -0.4 is 10.6 Å². The number of alkyl carbamates (subject to hydrolysis) is 1. The van der Waals surface area contributed by atoms with Crippen LogP contribution >= 0.6 is 0 Å². The molecule has 3 aromatic rings. The number of hydrogen-bond acceptors (Lipinski definition) is 4. The minimum absolute atomic E-state index is 0.138. The predicted octanol–water partition coefficient (Wildman–Crippen LogP) is 6.44.